The number of carbonyl (C=O) groups is 2. The van der Waals surface area contributed by atoms with Crippen LogP contribution in [0.3, 0.4) is 0 Å². The molecule has 10 heteroatoms. The van der Waals surface area contributed by atoms with Crippen LogP contribution < -0.4 is 0 Å². The van der Waals surface area contributed by atoms with E-state index in [-0.39, 0.29) is 16.4 Å². The molecule has 0 unspecified atom stereocenters. The first-order valence-electron chi connectivity index (χ1n) is 7.81. The Hall–Kier alpha value is -2.27. The highest BCUT2D eigenvalue weighted by atomic mass is 32.2. The van der Waals surface area contributed by atoms with Gasteiger partial charge in [-0.25, -0.2) is 13.2 Å². The van der Waals surface area contributed by atoms with E-state index in [4.69, 9.17) is 4.74 Å². The molecule has 0 spiro atoms. The molecule has 0 N–H and O–H groups in total. The van der Waals surface area contributed by atoms with E-state index in [1.54, 1.807) is 7.05 Å². The minimum atomic E-state index is -3.79. The number of rotatable bonds is 8. The number of nitrogens with zero attached hydrogens (tertiary/aromatic N) is 2. The number of esters is 1. The fourth-order valence-electron chi connectivity index (χ4n) is 2.08. The molecule has 0 saturated carbocycles. The lowest BCUT2D eigenvalue weighted by atomic mass is 10.2. The molecule has 1 aromatic heterocycles. The first-order valence-corrected chi connectivity index (χ1v) is 10.2. The van der Waals surface area contributed by atoms with Crippen molar-refractivity contribution in [1.82, 2.24) is 9.37 Å². The molecule has 1 amide bonds. The second-order valence-corrected chi connectivity index (χ2v) is 8.30. The van der Waals surface area contributed by atoms with E-state index in [0.29, 0.717) is 11.0 Å². The Bertz CT molecular complexity index is 879. The maximum atomic E-state index is 12.1. The standard InChI is InChI=1S/C17H20N2O6S2/c1-18(10-13-8-9-26-12-13)16(20)11-25-17(21)14-4-6-15(7-5-14)27(22,23)19(2)24-3/h4-9,12H,10-11H2,1-3H3. The van der Waals surface area contributed by atoms with Crippen LogP contribution in [0.5, 0.6) is 0 Å². The Kier molecular flexibility index (Phi) is 7.08. The van der Waals surface area contributed by atoms with Crippen molar-refractivity contribution in [2.75, 3.05) is 27.8 Å². The van der Waals surface area contributed by atoms with Gasteiger partial charge < -0.3 is 9.64 Å². The van der Waals surface area contributed by atoms with E-state index in [1.165, 1.54) is 54.7 Å². The van der Waals surface area contributed by atoms with Crippen LogP contribution in [0, 0.1) is 0 Å². The van der Waals surface area contributed by atoms with Crippen molar-refractivity contribution in [2.24, 2.45) is 0 Å². The number of hydrogen-bond acceptors (Lipinski definition) is 7. The molecular weight excluding hydrogens is 392 g/mol. The highest BCUT2D eigenvalue weighted by Gasteiger charge is 2.21. The van der Waals surface area contributed by atoms with Crippen LogP contribution >= 0.6 is 11.3 Å². The van der Waals surface area contributed by atoms with Crippen LogP contribution in [-0.2, 0) is 30.9 Å². The predicted octanol–water partition coefficient (Wildman–Crippen LogP) is 1.75. The quantitative estimate of drug-likeness (QED) is 0.484. The lowest BCUT2D eigenvalue weighted by Crippen LogP contribution is -2.30. The Morgan fingerprint density at radius 1 is 1.11 bits per heavy atom. The van der Waals surface area contributed by atoms with Gasteiger partial charge in [0.15, 0.2) is 6.61 Å². The normalized spacial score (nSPS) is 11.4. The van der Waals surface area contributed by atoms with Crippen molar-refractivity contribution >= 4 is 33.2 Å². The monoisotopic (exact) mass is 412 g/mol. The molecule has 2 aromatic rings. The molecule has 0 atom stereocenters. The lowest BCUT2D eigenvalue weighted by Gasteiger charge is -2.16. The molecule has 2 rings (SSSR count). The molecule has 27 heavy (non-hydrogen) atoms. The highest BCUT2D eigenvalue weighted by molar-refractivity contribution is 7.89. The fourth-order valence-corrected chi connectivity index (χ4v) is 3.71. The summed E-state index contributed by atoms with van der Waals surface area (Å²) in [6.45, 7) is 0.0331. The summed E-state index contributed by atoms with van der Waals surface area (Å²) < 4.78 is 29.9. The number of carbonyl (C=O) groups excluding carboxylic acids is 2. The molecule has 1 heterocycles. The van der Waals surface area contributed by atoms with Crippen LogP contribution in [0.2, 0.25) is 0 Å². The summed E-state index contributed by atoms with van der Waals surface area (Å²) in [6.07, 6.45) is 0. The zero-order valence-corrected chi connectivity index (χ0v) is 16.7. The van der Waals surface area contributed by atoms with Crippen LogP contribution in [0.25, 0.3) is 0 Å². The van der Waals surface area contributed by atoms with Crippen LogP contribution in [0.4, 0.5) is 0 Å². The number of hydroxylamine groups is 1. The van der Waals surface area contributed by atoms with Gasteiger partial charge in [-0.2, -0.15) is 11.3 Å². The summed E-state index contributed by atoms with van der Waals surface area (Å²) in [4.78, 5) is 30.2. The smallest absolute Gasteiger partial charge is 0.338 e. The first kappa shape index (κ1) is 21.0. The van der Waals surface area contributed by atoms with Crippen molar-refractivity contribution in [3.05, 3.63) is 52.2 Å². The summed E-state index contributed by atoms with van der Waals surface area (Å²) >= 11 is 1.54. The van der Waals surface area contributed by atoms with Crippen molar-refractivity contribution in [3.8, 4) is 0 Å². The molecular formula is C17H20N2O6S2. The van der Waals surface area contributed by atoms with Gasteiger partial charge in [-0.1, -0.05) is 4.47 Å². The molecule has 0 saturated heterocycles. The molecule has 0 fully saturated rings. The molecule has 0 radical (unpaired) electrons. The topological polar surface area (TPSA) is 93.2 Å². The van der Waals surface area contributed by atoms with Gasteiger partial charge in [-0.05, 0) is 46.7 Å². The number of amides is 1. The fraction of sp³-hybridized carbons (Fsp3) is 0.294. The average Bonchev–Trinajstić information content (AvgIpc) is 3.18. The SMILES string of the molecule is CON(C)S(=O)(=O)c1ccc(C(=O)OCC(=O)N(C)Cc2ccsc2)cc1. The van der Waals surface area contributed by atoms with Gasteiger partial charge in [0.2, 0.25) is 0 Å². The van der Waals surface area contributed by atoms with Gasteiger partial charge in [-0.3, -0.25) is 9.63 Å². The zero-order valence-electron chi connectivity index (χ0n) is 15.1. The number of benzene rings is 1. The van der Waals surface area contributed by atoms with Crippen molar-refractivity contribution < 1.29 is 27.6 Å². The first-order chi connectivity index (χ1) is 12.8. The molecule has 0 aliphatic rings. The van der Waals surface area contributed by atoms with Crippen molar-refractivity contribution in [1.29, 1.82) is 0 Å². The van der Waals surface area contributed by atoms with Gasteiger partial charge in [0, 0.05) is 20.6 Å². The van der Waals surface area contributed by atoms with E-state index in [9.17, 15) is 18.0 Å². The van der Waals surface area contributed by atoms with Crippen LogP contribution in [-0.4, -0.2) is 57.5 Å². The predicted molar refractivity (Wildman–Crippen MR) is 99.5 cm³/mol. The molecule has 0 aliphatic heterocycles. The second-order valence-electron chi connectivity index (χ2n) is 5.58. The number of ether oxygens (including phenoxy) is 1. The van der Waals surface area contributed by atoms with Crippen molar-refractivity contribution in [3.63, 3.8) is 0 Å². The minimum absolute atomic E-state index is 0.0324. The van der Waals surface area contributed by atoms with Crippen LogP contribution in [0.15, 0.2) is 46.0 Å². The molecule has 0 bridgehead atoms. The largest absolute Gasteiger partial charge is 0.452 e. The van der Waals surface area contributed by atoms with E-state index in [0.717, 1.165) is 5.56 Å². The van der Waals surface area contributed by atoms with E-state index >= 15 is 0 Å². The summed E-state index contributed by atoms with van der Waals surface area (Å²) in [5, 5.41) is 3.86. The minimum Gasteiger partial charge on any atom is -0.452 e. The van der Waals surface area contributed by atoms with Gasteiger partial charge in [0.05, 0.1) is 17.6 Å². The third-order valence-corrected chi connectivity index (χ3v) is 6.16. The Morgan fingerprint density at radius 3 is 2.33 bits per heavy atom. The third-order valence-electron chi connectivity index (χ3n) is 3.74. The van der Waals surface area contributed by atoms with Gasteiger partial charge in [0.1, 0.15) is 0 Å². The van der Waals surface area contributed by atoms with E-state index in [2.05, 4.69) is 4.84 Å². The summed E-state index contributed by atoms with van der Waals surface area (Å²) in [5.74, 6) is -1.05. The Balaban J connectivity index is 1.93. The van der Waals surface area contributed by atoms with Gasteiger partial charge >= 0.3 is 5.97 Å². The maximum Gasteiger partial charge on any atom is 0.338 e. The number of sulfonamides is 1. The molecule has 1 aromatic carbocycles. The average molecular weight is 412 g/mol. The summed E-state index contributed by atoms with van der Waals surface area (Å²) in [5.41, 5.74) is 1.14. The zero-order chi connectivity index (χ0) is 20.0. The number of hydrogen-bond donors (Lipinski definition) is 0. The number of likely N-dealkylation sites (N-methyl/N-ethyl adjacent to an activating group) is 1. The summed E-state index contributed by atoms with van der Waals surface area (Å²) in [7, 11) is 0.322. The molecule has 0 aliphatic carbocycles. The van der Waals surface area contributed by atoms with Gasteiger partial charge in [0.25, 0.3) is 15.9 Å². The maximum absolute atomic E-state index is 12.1. The van der Waals surface area contributed by atoms with E-state index < -0.39 is 22.6 Å². The number of thiophene rings is 1. The molecule has 8 nitrogen and oxygen atoms in total. The highest BCUT2D eigenvalue weighted by Crippen LogP contribution is 2.16. The third kappa shape index (κ3) is 5.36. The van der Waals surface area contributed by atoms with E-state index in [1.807, 2.05) is 16.8 Å². The lowest BCUT2D eigenvalue weighted by molar-refractivity contribution is -0.133. The molecule has 146 valence electrons. The van der Waals surface area contributed by atoms with Crippen LogP contribution in [0.1, 0.15) is 15.9 Å². The Labute approximate surface area is 161 Å². The second kappa shape index (κ2) is 9.09. The van der Waals surface area contributed by atoms with Gasteiger partial charge in [-0.15, -0.1) is 0 Å². The summed E-state index contributed by atoms with van der Waals surface area (Å²) in [6, 6.07) is 7.09. The Morgan fingerprint density at radius 2 is 1.78 bits per heavy atom. The van der Waals surface area contributed by atoms with Crippen molar-refractivity contribution in [2.45, 2.75) is 11.4 Å².